The molecule has 0 aliphatic rings. The molecule has 0 saturated heterocycles. The molecule has 0 atom stereocenters. The summed E-state index contributed by atoms with van der Waals surface area (Å²) in [7, 11) is 0. The van der Waals surface area contributed by atoms with Gasteiger partial charge in [-0.1, -0.05) is 39.7 Å². The molecule has 21 heavy (non-hydrogen) atoms. The summed E-state index contributed by atoms with van der Waals surface area (Å²) in [6, 6.07) is 13.3. The van der Waals surface area contributed by atoms with Crippen molar-refractivity contribution < 1.29 is 9.53 Å². The van der Waals surface area contributed by atoms with Gasteiger partial charge in [-0.2, -0.15) is 0 Å². The van der Waals surface area contributed by atoms with Crippen molar-refractivity contribution in [3.05, 3.63) is 69.7 Å². The maximum atomic E-state index is 12.2. The summed E-state index contributed by atoms with van der Waals surface area (Å²) < 4.78 is 6.52. The van der Waals surface area contributed by atoms with Crippen molar-refractivity contribution >= 4 is 27.8 Å². The summed E-state index contributed by atoms with van der Waals surface area (Å²) in [4.78, 5) is 12.2. The Balaban J connectivity index is 2.24. The van der Waals surface area contributed by atoms with Crippen molar-refractivity contribution in [2.45, 2.75) is 13.8 Å². The molecule has 0 aliphatic heterocycles. The fraction of sp³-hybridized carbons (Fsp3) is 0.167. The monoisotopic (exact) mass is 344 g/mol. The predicted molar refractivity (Wildman–Crippen MR) is 89.9 cm³/mol. The van der Waals surface area contributed by atoms with Gasteiger partial charge in [0.25, 0.3) is 0 Å². The SMILES string of the molecule is CCOc1ccc(Br)cc1/C=C/C(=O)c1cccc(C)c1. The first-order valence-electron chi connectivity index (χ1n) is 6.81. The fourth-order valence-electron chi connectivity index (χ4n) is 2.00. The van der Waals surface area contributed by atoms with E-state index in [-0.39, 0.29) is 5.78 Å². The number of carbonyl (C=O) groups is 1. The van der Waals surface area contributed by atoms with E-state index in [1.165, 1.54) is 0 Å². The van der Waals surface area contributed by atoms with Crippen LogP contribution in [0, 0.1) is 6.92 Å². The van der Waals surface area contributed by atoms with Crippen LogP contribution in [0.5, 0.6) is 5.75 Å². The number of carbonyl (C=O) groups excluding carboxylic acids is 1. The molecule has 0 aliphatic carbocycles. The quantitative estimate of drug-likeness (QED) is 0.560. The highest BCUT2D eigenvalue weighted by Crippen LogP contribution is 2.24. The maximum Gasteiger partial charge on any atom is 0.185 e. The standard InChI is InChI=1S/C18H17BrO2/c1-3-21-18-10-8-16(19)12-15(18)7-9-17(20)14-6-4-5-13(2)11-14/h4-12H,3H2,1-2H3/b9-7+. The topological polar surface area (TPSA) is 26.3 Å². The molecular formula is C18H17BrO2. The number of ether oxygens (including phenoxy) is 1. The van der Waals surface area contributed by atoms with Gasteiger partial charge < -0.3 is 4.74 Å². The third-order valence-corrected chi connectivity index (χ3v) is 3.48. The zero-order chi connectivity index (χ0) is 15.2. The molecule has 0 aromatic heterocycles. The lowest BCUT2D eigenvalue weighted by Crippen LogP contribution is -1.96. The van der Waals surface area contributed by atoms with Crippen LogP contribution in [0.25, 0.3) is 6.08 Å². The minimum Gasteiger partial charge on any atom is -0.493 e. The van der Waals surface area contributed by atoms with Crippen molar-refractivity contribution in [2.24, 2.45) is 0 Å². The Morgan fingerprint density at radius 3 is 2.76 bits per heavy atom. The van der Waals surface area contributed by atoms with Gasteiger partial charge in [-0.25, -0.2) is 0 Å². The maximum absolute atomic E-state index is 12.2. The average Bonchev–Trinajstić information content (AvgIpc) is 2.47. The van der Waals surface area contributed by atoms with Crippen molar-refractivity contribution in [3.8, 4) is 5.75 Å². The van der Waals surface area contributed by atoms with E-state index in [0.717, 1.165) is 21.3 Å². The van der Waals surface area contributed by atoms with Gasteiger partial charge in [-0.05, 0) is 50.3 Å². The second-order valence-corrected chi connectivity index (χ2v) is 5.60. The van der Waals surface area contributed by atoms with Crippen LogP contribution in [-0.4, -0.2) is 12.4 Å². The second-order valence-electron chi connectivity index (χ2n) is 4.68. The lowest BCUT2D eigenvalue weighted by Gasteiger charge is -2.07. The summed E-state index contributed by atoms with van der Waals surface area (Å²) in [5.74, 6) is 0.759. The molecule has 0 N–H and O–H groups in total. The van der Waals surface area contributed by atoms with Gasteiger partial charge in [0, 0.05) is 15.6 Å². The van der Waals surface area contributed by atoms with Gasteiger partial charge in [0.05, 0.1) is 6.61 Å². The predicted octanol–water partition coefficient (Wildman–Crippen LogP) is 5.05. The number of ketones is 1. The van der Waals surface area contributed by atoms with Crippen molar-refractivity contribution in [1.29, 1.82) is 0 Å². The molecular weight excluding hydrogens is 328 g/mol. The number of benzene rings is 2. The molecule has 0 heterocycles. The Morgan fingerprint density at radius 2 is 2.05 bits per heavy atom. The first-order valence-corrected chi connectivity index (χ1v) is 7.61. The number of aryl methyl sites for hydroxylation is 1. The molecule has 2 aromatic rings. The summed E-state index contributed by atoms with van der Waals surface area (Å²) in [5, 5.41) is 0. The highest BCUT2D eigenvalue weighted by Gasteiger charge is 2.04. The number of rotatable bonds is 5. The Hall–Kier alpha value is -1.87. The first kappa shape index (κ1) is 15.5. The minimum absolute atomic E-state index is 0.0128. The van der Waals surface area contributed by atoms with E-state index in [0.29, 0.717) is 12.2 Å². The molecule has 2 nitrogen and oxygen atoms in total. The number of hydrogen-bond donors (Lipinski definition) is 0. The van der Waals surface area contributed by atoms with Gasteiger partial charge in [-0.15, -0.1) is 0 Å². The summed E-state index contributed by atoms with van der Waals surface area (Å²) in [6.45, 7) is 4.50. The highest BCUT2D eigenvalue weighted by molar-refractivity contribution is 9.10. The Kier molecular flexibility index (Phi) is 5.34. The zero-order valence-electron chi connectivity index (χ0n) is 12.1. The van der Waals surface area contributed by atoms with Crippen LogP contribution in [0.15, 0.2) is 53.0 Å². The van der Waals surface area contributed by atoms with Gasteiger partial charge in [0.2, 0.25) is 0 Å². The third kappa shape index (κ3) is 4.30. The molecule has 2 rings (SSSR count). The van der Waals surface area contributed by atoms with Crippen LogP contribution in [0.2, 0.25) is 0 Å². The number of allylic oxidation sites excluding steroid dienone is 1. The van der Waals surface area contributed by atoms with E-state index in [1.807, 2.05) is 56.3 Å². The van der Waals surface area contributed by atoms with E-state index >= 15 is 0 Å². The Morgan fingerprint density at radius 1 is 1.24 bits per heavy atom. The van der Waals surface area contributed by atoms with Crippen molar-refractivity contribution in [1.82, 2.24) is 0 Å². The highest BCUT2D eigenvalue weighted by atomic mass is 79.9. The molecule has 0 fully saturated rings. The number of hydrogen-bond acceptors (Lipinski definition) is 2. The molecule has 0 amide bonds. The normalized spacial score (nSPS) is 10.8. The largest absolute Gasteiger partial charge is 0.493 e. The molecule has 0 unspecified atom stereocenters. The molecule has 0 radical (unpaired) electrons. The lowest BCUT2D eigenvalue weighted by molar-refractivity contribution is 0.104. The molecule has 0 spiro atoms. The summed E-state index contributed by atoms with van der Waals surface area (Å²) in [6.07, 6.45) is 3.37. The fourth-order valence-corrected chi connectivity index (χ4v) is 2.38. The Bertz CT molecular complexity index is 675. The molecule has 2 aromatic carbocycles. The molecule has 108 valence electrons. The smallest absolute Gasteiger partial charge is 0.185 e. The van der Waals surface area contributed by atoms with Gasteiger partial charge in [0.1, 0.15) is 5.75 Å². The average molecular weight is 345 g/mol. The van der Waals surface area contributed by atoms with Crippen LogP contribution >= 0.6 is 15.9 Å². The van der Waals surface area contributed by atoms with Crippen LogP contribution in [0.3, 0.4) is 0 Å². The van der Waals surface area contributed by atoms with Crippen LogP contribution < -0.4 is 4.74 Å². The van der Waals surface area contributed by atoms with E-state index in [2.05, 4.69) is 15.9 Å². The second kappa shape index (κ2) is 7.23. The van der Waals surface area contributed by atoms with Gasteiger partial charge in [0.15, 0.2) is 5.78 Å². The summed E-state index contributed by atoms with van der Waals surface area (Å²) in [5.41, 5.74) is 2.65. The van der Waals surface area contributed by atoms with E-state index in [9.17, 15) is 4.79 Å². The van der Waals surface area contributed by atoms with E-state index < -0.39 is 0 Å². The van der Waals surface area contributed by atoms with Crippen LogP contribution in [0.1, 0.15) is 28.4 Å². The third-order valence-electron chi connectivity index (χ3n) is 2.99. The van der Waals surface area contributed by atoms with Crippen LogP contribution in [-0.2, 0) is 0 Å². The summed E-state index contributed by atoms with van der Waals surface area (Å²) >= 11 is 3.43. The lowest BCUT2D eigenvalue weighted by atomic mass is 10.1. The van der Waals surface area contributed by atoms with Crippen molar-refractivity contribution in [3.63, 3.8) is 0 Å². The number of halogens is 1. The van der Waals surface area contributed by atoms with Gasteiger partial charge in [-0.3, -0.25) is 4.79 Å². The van der Waals surface area contributed by atoms with Gasteiger partial charge >= 0.3 is 0 Å². The van der Waals surface area contributed by atoms with E-state index in [1.54, 1.807) is 12.2 Å². The van der Waals surface area contributed by atoms with Crippen LogP contribution in [0.4, 0.5) is 0 Å². The zero-order valence-corrected chi connectivity index (χ0v) is 13.7. The Labute approximate surface area is 133 Å². The van der Waals surface area contributed by atoms with Crippen molar-refractivity contribution in [2.75, 3.05) is 6.61 Å². The molecule has 0 bridgehead atoms. The van der Waals surface area contributed by atoms with E-state index in [4.69, 9.17) is 4.74 Å². The first-order chi connectivity index (χ1) is 10.1. The molecule has 3 heteroatoms. The minimum atomic E-state index is -0.0128. The molecule has 0 saturated carbocycles.